The summed E-state index contributed by atoms with van der Waals surface area (Å²) in [6.07, 6.45) is 3.15. The van der Waals surface area contributed by atoms with Crippen molar-refractivity contribution in [1.29, 1.82) is 0 Å². The van der Waals surface area contributed by atoms with E-state index < -0.39 is 0 Å². The molecule has 3 rings (SSSR count). The lowest BCUT2D eigenvalue weighted by atomic mass is 10.1. The monoisotopic (exact) mass is 243 g/mol. The lowest BCUT2D eigenvalue weighted by Gasteiger charge is -2.09. The second-order valence-electron chi connectivity index (χ2n) is 4.95. The number of aromatic nitrogens is 3. The van der Waals surface area contributed by atoms with E-state index in [0.29, 0.717) is 6.54 Å². The van der Waals surface area contributed by atoms with Gasteiger partial charge in [0.15, 0.2) is 0 Å². The maximum Gasteiger partial charge on any atom is 0.346 e. The van der Waals surface area contributed by atoms with Crippen molar-refractivity contribution in [3.8, 4) is 0 Å². The van der Waals surface area contributed by atoms with Crippen LogP contribution >= 0.6 is 0 Å². The second kappa shape index (κ2) is 4.44. The smallest absolute Gasteiger partial charge is 0.279 e. The number of aryl methyl sites for hydroxylation is 2. The van der Waals surface area contributed by atoms with Crippen molar-refractivity contribution < 1.29 is 0 Å². The predicted molar refractivity (Wildman–Crippen MR) is 69.7 cm³/mol. The van der Waals surface area contributed by atoms with Gasteiger partial charge in [-0.2, -0.15) is 5.10 Å². The highest BCUT2D eigenvalue weighted by atomic mass is 16.2. The van der Waals surface area contributed by atoms with E-state index >= 15 is 0 Å². The van der Waals surface area contributed by atoms with Gasteiger partial charge in [0, 0.05) is 13.0 Å². The minimum atomic E-state index is 0.0327. The maximum absolute atomic E-state index is 12.1. The normalized spacial score (nSPS) is 14.5. The molecule has 2 heterocycles. The molecule has 2 aromatic rings. The summed E-state index contributed by atoms with van der Waals surface area (Å²) in [6, 6.07) is 8.24. The van der Waals surface area contributed by atoms with Crippen LogP contribution in [0.2, 0.25) is 0 Å². The van der Waals surface area contributed by atoms with Crippen molar-refractivity contribution in [2.24, 2.45) is 0 Å². The van der Waals surface area contributed by atoms with Gasteiger partial charge in [0.1, 0.15) is 5.82 Å². The first-order valence-corrected chi connectivity index (χ1v) is 6.46. The third kappa shape index (κ3) is 1.98. The Morgan fingerprint density at radius 1 is 1.22 bits per heavy atom. The van der Waals surface area contributed by atoms with Crippen molar-refractivity contribution in [2.45, 2.75) is 39.3 Å². The van der Waals surface area contributed by atoms with Crippen LogP contribution < -0.4 is 5.69 Å². The number of fused-ring (bicyclic) bond motifs is 1. The molecule has 18 heavy (non-hydrogen) atoms. The number of hydrogen-bond acceptors (Lipinski definition) is 2. The molecular weight excluding hydrogens is 226 g/mol. The Balaban J connectivity index is 1.91. The summed E-state index contributed by atoms with van der Waals surface area (Å²) in [5.41, 5.74) is 2.39. The summed E-state index contributed by atoms with van der Waals surface area (Å²) in [4.78, 5) is 12.1. The van der Waals surface area contributed by atoms with Crippen LogP contribution in [0, 0.1) is 6.92 Å². The van der Waals surface area contributed by atoms with Crippen molar-refractivity contribution in [3.63, 3.8) is 0 Å². The average molecular weight is 243 g/mol. The summed E-state index contributed by atoms with van der Waals surface area (Å²) in [7, 11) is 0. The van der Waals surface area contributed by atoms with Gasteiger partial charge in [-0.1, -0.05) is 29.8 Å². The zero-order valence-electron chi connectivity index (χ0n) is 10.6. The first-order valence-electron chi connectivity index (χ1n) is 6.46. The molecule has 0 radical (unpaired) electrons. The van der Waals surface area contributed by atoms with Crippen LogP contribution in [0.25, 0.3) is 0 Å². The highest BCUT2D eigenvalue weighted by molar-refractivity contribution is 5.21. The fourth-order valence-corrected chi connectivity index (χ4v) is 2.42. The topological polar surface area (TPSA) is 39.8 Å². The standard InChI is InChI=1S/C14H17N3O/c1-11-5-7-12(8-6-11)10-17-14(18)16-9-3-2-4-13(16)15-17/h5-8H,2-4,9-10H2,1H3. The van der Waals surface area contributed by atoms with Crippen LogP contribution in [-0.4, -0.2) is 14.3 Å². The molecule has 0 aliphatic carbocycles. The molecule has 0 N–H and O–H groups in total. The van der Waals surface area contributed by atoms with E-state index in [-0.39, 0.29) is 5.69 Å². The Bertz CT molecular complexity index is 607. The lowest BCUT2D eigenvalue weighted by Crippen LogP contribution is -2.27. The van der Waals surface area contributed by atoms with Gasteiger partial charge in [0.25, 0.3) is 0 Å². The molecule has 0 unspecified atom stereocenters. The number of benzene rings is 1. The molecule has 1 aromatic heterocycles. The number of hydrogen-bond donors (Lipinski definition) is 0. The summed E-state index contributed by atoms with van der Waals surface area (Å²) < 4.78 is 3.41. The van der Waals surface area contributed by atoms with Crippen LogP contribution in [-0.2, 0) is 19.5 Å². The van der Waals surface area contributed by atoms with Crippen LogP contribution in [0.3, 0.4) is 0 Å². The van der Waals surface area contributed by atoms with Gasteiger partial charge in [0.05, 0.1) is 6.54 Å². The quantitative estimate of drug-likeness (QED) is 0.806. The van der Waals surface area contributed by atoms with E-state index in [4.69, 9.17) is 0 Å². The maximum atomic E-state index is 12.1. The van der Waals surface area contributed by atoms with Gasteiger partial charge in [-0.3, -0.25) is 4.57 Å². The fraction of sp³-hybridized carbons (Fsp3) is 0.429. The van der Waals surface area contributed by atoms with Gasteiger partial charge in [-0.25, -0.2) is 9.48 Å². The molecule has 1 aliphatic heterocycles. The van der Waals surface area contributed by atoms with Gasteiger partial charge in [-0.15, -0.1) is 0 Å². The van der Waals surface area contributed by atoms with Crippen LogP contribution in [0.4, 0.5) is 0 Å². The predicted octanol–water partition coefficient (Wildman–Crippen LogP) is 1.74. The zero-order chi connectivity index (χ0) is 12.5. The summed E-state index contributed by atoms with van der Waals surface area (Å²) in [5, 5.41) is 4.44. The van der Waals surface area contributed by atoms with Gasteiger partial charge in [0.2, 0.25) is 0 Å². The molecule has 4 heteroatoms. The van der Waals surface area contributed by atoms with E-state index in [1.165, 1.54) is 5.56 Å². The molecule has 4 nitrogen and oxygen atoms in total. The van der Waals surface area contributed by atoms with Crippen molar-refractivity contribution in [1.82, 2.24) is 14.3 Å². The van der Waals surface area contributed by atoms with Gasteiger partial charge < -0.3 is 0 Å². The zero-order valence-corrected chi connectivity index (χ0v) is 10.6. The Hall–Kier alpha value is -1.84. The van der Waals surface area contributed by atoms with E-state index in [9.17, 15) is 4.79 Å². The molecule has 0 amide bonds. The van der Waals surface area contributed by atoms with E-state index in [1.54, 1.807) is 4.68 Å². The molecule has 0 saturated heterocycles. The molecule has 94 valence electrons. The minimum Gasteiger partial charge on any atom is -0.279 e. The fourth-order valence-electron chi connectivity index (χ4n) is 2.42. The number of nitrogens with zero attached hydrogens (tertiary/aromatic N) is 3. The largest absolute Gasteiger partial charge is 0.346 e. The Labute approximate surface area is 106 Å². The van der Waals surface area contributed by atoms with Gasteiger partial charge in [-0.05, 0) is 25.3 Å². The minimum absolute atomic E-state index is 0.0327. The SMILES string of the molecule is Cc1ccc(Cn2nc3n(c2=O)CCCC3)cc1. The molecule has 1 aromatic carbocycles. The Morgan fingerprint density at radius 3 is 2.72 bits per heavy atom. The Morgan fingerprint density at radius 2 is 2.00 bits per heavy atom. The summed E-state index contributed by atoms with van der Waals surface area (Å²) in [5.74, 6) is 0.943. The van der Waals surface area contributed by atoms with Crippen LogP contribution in [0.15, 0.2) is 29.1 Å². The highest BCUT2D eigenvalue weighted by Gasteiger charge is 2.16. The van der Waals surface area contributed by atoms with Crippen molar-refractivity contribution >= 4 is 0 Å². The summed E-state index contributed by atoms with van der Waals surface area (Å²) in [6.45, 7) is 3.45. The second-order valence-corrected chi connectivity index (χ2v) is 4.95. The van der Waals surface area contributed by atoms with Crippen molar-refractivity contribution in [3.05, 3.63) is 51.7 Å². The van der Waals surface area contributed by atoms with Gasteiger partial charge >= 0.3 is 5.69 Å². The van der Waals surface area contributed by atoms with Crippen LogP contribution in [0.1, 0.15) is 29.8 Å². The third-order valence-corrected chi connectivity index (χ3v) is 3.48. The third-order valence-electron chi connectivity index (χ3n) is 3.48. The molecule has 0 bridgehead atoms. The first kappa shape index (κ1) is 11.3. The molecule has 0 spiro atoms. The number of rotatable bonds is 2. The Kier molecular flexibility index (Phi) is 2.78. The molecule has 1 aliphatic rings. The van der Waals surface area contributed by atoms with Crippen LogP contribution in [0.5, 0.6) is 0 Å². The first-order chi connectivity index (χ1) is 8.74. The van der Waals surface area contributed by atoms with E-state index in [0.717, 1.165) is 37.2 Å². The highest BCUT2D eigenvalue weighted by Crippen LogP contribution is 2.10. The summed E-state index contributed by atoms with van der Waals surface area (Å²) >= 11 is 0. The average Bonchev–Trinajstić information content (AvgIpc) is 2.70. The molecule has 0 fully saturated rings. The van der Waals surface area contributed by atoms with Crippen molar-refractivity contribution in [2.75, 3.05) is 0 Å². The molecule has 0 saturated carbocycles. The molecular formula is C14H17N3O. The van der Waals surface area contributed by atoms with E-state index in [2.05, 4.69) is 36.3 Å². The lowest BCUT2D eigenvalue weighted by molar-refractivity contribution is 0.511. The molecule has 0 atom stereocenters. The van der Waals surface area contributed by atoms with E-state index in [1.807, 2.05) is 4.57 Å².